The number of nitriles is 1. The first-order valence-corrected chi connectivity index (χ1v) is 4.72. The summed E-state index contributed by atoms with van der Waals surface area (Å²) < 4.78 is 38.0. The standard InChI is InChI=1S/C10H11F3N2O/c11-10(12,13)9(16)8-3-6-15(7-8)5-2-1-4-14/h3,6-7,9,16H,1-2,5H2. The number of nitrogens with zero attached hydrogens (tertiary/aromatic N) is 2. The summed E-state index contributed by atoms with van der Waals surface area (Å²) in [7, 11) is 0. The van der Waals surface area contributed by atoms with Crippen LogP contribution in [0.1, 0.15) is 24.5 Å². The van der Waals surface area contributed by atoms with Crippen LogP contribution >= 0.6 is 0 Å². The van der Waals surface area contributed by atoms with E-state index in [1.54, 1.807) is 0 Å². The van der Waals surface area contributed by atoms with Crippen LogP contribution < -0.4 is 0 Å². The number of rotatable bonds is 4. The quantitative estimate of drug-likeness (QED) is 0.810. The van der Waals surface area contributed by atoms with Crippen LogP contribution in [-0.4, -0.2) is 15.8 Å². The Bertz CT molecular complexity index is 378. The number of halogens is 3. The molecule has 1 unspecified atom stereocenters. The second-order valence-corrected chi connectivity index (χ2v) is 3.39. The van der Waals surface area contributed by atoms with Gasteiger partial charge in [-0.1, -0.05) is 0 Å². The van der Waals surface area contributed by atoms with Crippen LogP contribution in [0.2, 0.25) is 0 Å². The third kappa shape index (κ3) is 3.28. The smallest absolute Gasteiger partial charge is 0.379 e. The van der Waals surface area contributed by atoms with Gasteiger partial charge in [0.05, 0.1) is 6.07 Å². The fourth-order valence-corrected chi connectivity index (χ4v) is 1.29. The highest BCUT2D eigenvalue weighted by Gasteiger charge is 2.39. The zero-order valence-electron chi connectivity index (χ0n) is 8.41. The maximum atomic E-state index is 12.1. The largest absolute Gasteiger partial charge is 0.418 e. The van der Waals surface area contributed by atoms with Crippen molar-refractivity contribution in [3.63, 3.8) is 0 Å². The number of aliphatic hydroxyl groups is 1. The number of hydrogen-bond acceptors (Lipinski definition) is 2. The molecule has 0 aliphatic heterocycles. The van der Waals surface area contributed by atoms with Crippen molar-refractivity contribution in [2.24, 2.45) is 0 Å². The molecule has 1 rings (SSSR count). The molecule has 88 valence electrons. The normalized spacial score (nSPS) is 13.4. The summed E-state index contributed by atoms with van der Waals surface area (Å²) >= 11 is 0. The molecule has 1 aromatic heterocycles. The van der Waals surface area contributed by atoms with Crippen molar-refractivity contribution in [1.29, 1.82) is 5.26 Å². The number of unbranched alkanes of at least 4 members (excludes halogenated alkanes) is 1. The van der Waals surface area contributed by atoms with E-state index in [-0.39, 0.29) is 5.56 Å². The van der Waals surface area contributed by atoms with Gasteiger partial charge in [0.25, 0.3) is 0 Å². The Balaban J connectivity index is 2.61. The number of hydrogen-bond donors (Lipinski definition) is 1. The molecule has 0 radical (unpaired) electrons. The fraction of sp³-hybridized carbons (Fsp3) is 0.500. The number of aryl methyl sites for hydroxylation is 1. The molecule has 16 heavy (non-hydrogen) atoms. The molecule has 0 aromatic carbocycles. The van der Waals surface area contributed by atoms with Crippen molar-refractivity contribution < 1.29 is 18.3 Å². The molecule has 3 nitrogen and oxygen atoms in total. The van der Waals surface area contributed by atoms with Gasteiger partial charge in [0.15, 0.2) is 6.10 Å². The number of alkyl halides is 3. The summed E-state index contributed by atoms with van der Waals surface area (Å²) in [4.78, 5) is 0. The van der Waals surface area contributed by atoms with Crippen LogP contribution in [-0.2, 0) is 6.54 Å². The van der Waals surface area contributed by atoms with Gasteiger partial charge in [-0.2, -0.15) is 18.4 Å². The number of aromatic nitrogens is 1. The maximum absolute atomic E-state index is 12.1. The van der Waals surface area contributed by atoms with Crippen LogP contribution in [0.4, 0.5) is 13.2 Å². The van der Waals surface area contributed by atoms with Crippen LogP contribution in [0.25, 0.3) is 0 Å². The molecule has 0 aliphatic carbocycles. The molecule has 1 atom stereocenters. The lowest BCUT2D eigenvalue weighted by atomic mass is 10.2. The molecular weight excluding hydrogens is 221 g/mol. The predicted octanol–water partition coefficient (Wildman–Crippen LogP) is 2.39. The van der Waals surface area contributed by atoms with Crippen molar-refractivity contribution in [2.45, 2.75) is 31.7 Å². The van der Waals surface area contributed by atoms with Crippen molar-refractivity contribution in [3.05, 3.63) is 24.0 Å². The van der Waals surface area contributed by atoms with E-state index < -0.39 is 12.3 Å². The predicted molar refractivity (Wildman–Crippen MR) is 50.3 cm³/mol. The third-order valence-corrected chi connectivity index (χ3v) is 2.10. The van der Waals surface area contributed by atoms with Crippen molar-refractivity contribution >= 4 is 0 Å². The van der Waals surface area contributed by atoms with Gasteiger partial charge in [0.2, 0.25) is 0 Å². The summed E-state index contributed by atoms with van der Waals surface area (Å²) in [5.41, 5.74) is -0.176. The maximum Gasteiger partial charge on any atom is 0.418 e. The van der Waals surface area contributed by atoms with Crippen LogP contribution in [0, 0.1) is 11.3 Å². The van der Waals surface area contributed by atoms with Crippen LogP contribution in [0.3, 0.4) is 0 Å². The molecule has 0 amide bonds. The summed E-state index contributed by atoms with van der Waals surface area (Å²) in [5, 5.41) is 17.2. The third-order valence-electron chi connectivity index (χ3n) is 2.10. The lowest BCUT2D eigenvalue weighted by Crippen LogP contribution is -2.19. The Kier molecular flexibility index (Phi) is 3.96. The molecular formula is C10H11F3N2O. The minimum atomic E-state index is -4.64. The summed E-state index contributed by atoms with van der Waals surface area (Å²) in [6.45, 7) is 0.470. The lowest BCUT2D eigenvalue weighted by molar-refractivity contribution is -0.206. The molecule has 1 N–H and O–H groups in total. The second-order valence-electron chi connectivity index (χ2n) is 3.39. The van der Waals surface area contributed by atoms with E-state index >= 15 is 0 Å². The van der Waals surface area contributed by atoms with Gasteiger partial charge >= 0.3 is 6.18 Å². The number of aliphatic hydroxyl groups excluding tert-OH is 1. The van der Waals surface area contributed by atoms with Gasteiger partial charge in [-0.3, -0.25) is 0 Å². The minimum absolute atomic E-state index is 0.176. The zero-order valence-corrected chi connectivity index (χ0v) is 8.41. The highest BCUT2D eigenvalue weighted by molar-refractivity contribution is 5.15. The van der Waals surface area contributed by atoms with E-state index in [1.165, 1.54) is 23.0 Å². The SMILES string of the molecule is N#CCCCn1ccc(C(O)C(F)(F)F)c1. The van der Waals surface area contributed by atoms with Crippen LogP contribution in [0.15, 0.2) is 18.5 Å². The molecule has 1 aromatic rings. The van der Waals surface area contributed by atoms with E-state index in [2.05, 4.69) is 0 Å². The van der Waals surface area contributed by atoms with Gasteiger partial charge in [0, 0.05) is 30.9 Å². The summed E-state index contributed by atoms with van der Waals surface area (Å²) in [6.07, 6.45) is -3.44. The average Bonchev–Trinajstić information content (AvgIpc) is 2.64. The van der Waals surface area contributed by atoms with Crippen LogP contribution in [0.5, 0.6) is 0 Å². The first-order chi connectivity index (χ1) is 7.45. The Labute approximate surface area is 90.7 Å². The average molecular weight is 232 g/mol. The van der Waals surface area contributed by atoms with E-state index in [9.17, 15) is 13.2 Å². The Morgan fingerprint density at radius 3 is 2.75 bits per heavy atom. The Hall–Kier alpha value is -1.48. The topological polar surface area (TPSA) is 49.0 Å². The molecule has 6 heteroatoms. The van der Waals surface area contributed by atoms with Gasteiger partial charge in [-0.05, 0) is 12.5 Å². The molecule has 0 saturated heterocycles. The fourth-order valence-electron chi connectivity index (χ4n) is 1.29. The summed E-state index contributed by atoms with van der Waals surface area (Å²) in [5.74, 6) is 0. The van der Waals surface area contributed by atoms with E-state index in [1.807, 2.05) is 6.07 Å². The summed E-state index contributed by atoms with van der Waals surface area (Å²) in [6, 6.07) is 3.18. The first kappa shape index (κ1) is 12.6. The minimum Gasteiger partial charge on any atom is -0.379 e. The molecule has 0 saturated carbocycles. The second kappa shape index (κ2) is 5.03. The van der Waals surface area contributed by atoms with E-state index in [4.69, 9.17) is 10.4 Å². The van der Waals surface area contributed by atoms with Gasteiger partial charge in [0.1, 0.15) is 0 Å². The highest BCUT2D eigenvalue weighted by Crippen LogP contribution is 2.32. The zero-order chi connectivity index (χ0) is 12.2. The van der Waals surface area contributed by atoms with Gasteiger partial charge < -0.3 is 9.67 Å². The van der Waals surface area contributed by atoms with Gasteiger partial charge in [-0.15, -0.1) is 0 Å². The van der Waals surface area contributed by atoms with Gasteiger partial charge in [-0.25, -0.2) is 0 Å². The molecule has 0 spiro atoms. The first-order valence-electron chi connectivity index (χ1n) is 4.72. The Morgan fingerprint density at radius 2 is 2.19 bits per heavy atom. The van der Waals surface area contributed by atoms with Crippen molar-refractivity contribution in [1.82, 2.24) is 4.57 Å². The van der Waals surface area contributed by atoms with Crippen molar-refractivity contribution in [2.75, 3.05) is 0 Å². The molecule has 1 heterocycles. The van der Waals surface area contributed by atoms with Crippen molar-refractivity contribution in [3.8, 4) is 6.07 Å². The van der Waals surface area contributed by atoms with E-state index in [0.29, 0.717) is 19.4 Å². The molecule has 0 aliphatic rings. The monoisotopic (exact) mass is 232 g/mol. The lowest BCUT2D eigenvalue weighted by Gasteiger charge is -2.12. The Morgan fingerprint density at radius 1 is 1.50 bits per heavy atom. The molecule has 0 fully saturated rings. The highest BCUT2D eigenvalue weighted by atomic mass is 19.4. The van der Waals surface area contributed by atoms with E-state index in [0.717, 1.165) is 0 Å². The molecule has 0 bridgehead atoms.